The van der Waals surface area contributed by atoms with Gasteiger partial charge in [-0.2, -0.15) is 0 Å². The van der Waals surface area contributed by atoms with E-state index in [1.165, 1.54) is 12.3 Å². The molecule has 6 heteroatoms. The Morgan fingerprint density at radius 1 is 1.37 bits per heavy atom. The van der Waals surface area contributed by atoms with Crippen LogP contribution in [0.5, 0.6) is 0 Å². The monoisotopic (exact) mass is 263 g/mol. The van der Waals surface area contributed by atoms with E-state index in [4.69, 9.17) is 10.5 Å². The maximum absolute atomic E-state index is 12.0. The first-order valence-corrected chi connectivity index (χ1v) is 6.29. The van der Waals surface area contributed by atoms with Gasteiger partial charge in [-0.05, 0) is 31.9 Å². The highest BCUT2D eigenvalue weighted by Gasteiger charge is 2.26. The first kappa shape index (κ1) is 13.3. The minimum atomic E-state index is -0.787. The number of nitrogens with two attached hydrogens (primary N) is 1. The summed E-state index contributed by atoms with van der Waals surface area (Å²) in [5.74, 6) is -0.763. The van der Waals surface area contributed by atoms with Crippen molar-refractivity contribution in [1.82, 2.24) is 9.88 Å². The fourth-order valence-corrected chi connectivity index (χ4v) is 1.99. The Kier molecular flexibility index (Phi) is 3.99. The lowest BCUT2D eigenvalue weighted by Gasteiger charge is -2.20. The molecule has 1 unspecified atom stereocenters. The average molecular weight is 263 g/mol. The minimum absolute atomic E-state index is 0.148. The Morgan fingerprint density at radius 3 is 2.63 bits per heavy atom. The smallest absolute Gasteiger partial charge is 0.357 e. The van der Waals surface area contributed by atoms with Crippen molar-refractivity contribution in [2.75, 3.05) is 18.8 Å². The van der Waals surface area contributed by atoms with Crippen molar-refractivity contribution in [2.45, 2.75) is 25.9 Å². The normalized spacial score (nSPS) is 16.2. The molecule has 0 saturated carbocycles. The predicted molar refractivity (Wildman–Crippen MR) is 69.3 cm³/mol. The highest BCUT2D eigenvalue weighted by atomic mass is 16.5. The Labute approximate surface area is 111 Å². The van der Waals surface area contributed by atoms with E-state index in [1.807, 2.05) is 0 Å². The maximum atomic E-state index is 12.0. The SMILES string of the molecule is CC(OC(=O)c1ccc(N)cn1)C(=O)N1CCCC1. The molecule has 102 valence electrons. The molecule has 2 rings (SSSR count). The molecular weight excluding hydrogens is 246 g/mol. The quantitative estimate of drug-likeness (QED) is 0.816. The third-order valence-corrected chi connectivity index (χ3v) is 3.04. The van der Waals surface area contributed by atoms with Crippen molar-refractivity contribution in [3.63, 3.8) is 0 Å². The summed E-state index contributed by atoms with van der Waals surface area (Å²) in [6.07, 6.45) is 2.60. The van der Waals surface area contributed by atoms with Gasteiger partial charge < -0.3 is 15.4 Å². The van der Waals surface area contributed by atoms with Crippen LogP contribution in [0.2, 0.25) is 0 Å². The molecule has 0 spiro atoms. The number of nitrogens with zero attached hydrogens (tertiary/aromatic N) is 2. The summed E-state index contributed by atoms with van der Waals surface area (Å²) < 4.78 is 5.12. The van der Waals surface area contributed by atoms with Gasteiger partial charge in [0.25, 0.3) is 5.91 Å². The van der Waals surface area contributed by atoms with Crippen molar-refractivity contribution < 1.29 is 14.3 Å². The lowest BCUT2D eigenvalue weighted by molar-refractivity contribution is -0.138. The average Bonchev–Trinajstić information content (AvgIpc) is 2.92. The van der Waals surface area contributed by atoms with E-state index in [9.17, 15) is 9.59 Å². The number of ether oxygens (including phenoxy) is 1. The van der Waals surface area contributed by atoms with Crippen LogP contribution in [0.25, 0.3) is 0 Å². The molecule has 2 N–H and O–H groups in total. The fourth-order valence-electron chi connectivity index (χ4n) is 1.99. The van der Waals surface area contributed by atoms with E-state index < -0.39 is 12.1 Å². The van der Waals surface area contributed by atoms with Gasteiger partial charge >= 0.3 is 5.97 Å². The van der Waals surface area contributed by atoms with E-state index in [2.05, 4.69) is 4.98 Å². The molecule has 1 saturated heterocycles. The number of pyridine rings is 1. The van der Waals surface area contributed by atoms with Crippen LogP contribution in [-0.4, -0.2) is 41.0 Å². The molecule has 1 fully saturated rings. The van der Waals surface area contributed by atoms with Crippen molar-refractivity contribution >= 4 is 17.6 Å². The van der Waals surface area contributed by atoms with Gasteiger partial charge in [0.1, 0.15) is 5.69 Å². The third kappa shape index (κ3) is 3.21. The van der Waals surface area contributed by atoms with E-state index >= 15 is 0 Å². The Morgan fingerprint density at radius 2 is 2.05 bits per heavy atom. The lowest BCUT2D eigenvalue weighted by atomic mass is 10.3. The summed E-state index contributed by atoms with van der Waals surface area (Å²) in [6, 6.07) is 3.04. The summed E-state index contributed by atoms with van der Waals surface area (Å²) in [7, 11) is 0. The molecule has 1 amide bonds. The molecule has 0 aliphatic carbocycles. The van der Waals surface area contributed by atoms with Crippen LogP contribution >= 0.6 is 0 Å². The molecule has 1 aliphatic heterocycles. The molecule has 6 nitrogen and oxygen atoms in total. The number of aromatic nitrogens is 1. The summed E-state index contributed by atoms with van der Waals surface area (Å²) in [5.41, 5.74) is 6.10. The number of anilines is 1. The number of hydrogen-bond acceptors (Lipinski definition) is 5. The molecule has 1 aliphatic rings. The van der Waals surface area contributed by atoms with Crippen LogP contribution in [0.1, 0.15) is 30.3 Å². The number of rotatable bonds is 3. The van der Waals surface area contributed by atoms with Crippen LogP contribution in [0, 0.1) is 0 Å². The molecular formula is C13H17N3O3. The van der Waals surface area contributed by atoms with Crippen molar-refractivity contribution in [1.29, 1.82) is 0 Å². The van der Waals surface area contributed by atoms with Crippen LogP contribution in [0.15, 0.2) is 18.3 Å². The van der Waals surface area contributed by atoms with Crippen LogP contribution in [0.4, 0.5) is 5.69 Å². The number of amides is 1. The summed E-state index contributed by atoms with van der Waals surface area (Å²) in [6.45, 7) is 3.05. The molecule has 1 aromatic rings. The number of hydrogen-bond donors (Lipinski definition) is 1. The van der Waals surface area contributed by atoms with E-state index in [-0.39, 0.29) is 11.6 Å². The van der Waals surface area contributed by atoms with Crippen LogP contribution in [-0.2, 0) is 9.53 Å². The van der Waals surface area contributed by atoms with Gasteiger partial charge in [0, 0.05) is 13.1 Å². The predicted octanol–water partition coefficient (Wildman–Crippen LogP) is 0.832. The second-order valence-corrected chi connectivity index (χ2v) is 4.56. The van der Waals surface area contributed by atoms with E-state index in [0.29, 0.717) is 5.69 Å². The van der Waals surface area contributed by atoms with Crippen molar-refractivity contribution in [2.24, 2.45) is 0 Å². The number of esters is 1. The lowest BCUT2D eigenvalue weighted by Crippen LogP contribution is -2.38. The summed E-state index contributed by atoms with van der Waals surface area (Å²) >= 11 is 0. The third-order valence-electron chi connectivity index (χ3n) is 3.04. The van der Waals surface area contributed by atoms with E-state index in [0.717, 1.165) is 25.9 Å². The Balaban J connectivity index is 1.94. The first-order valence-electron chi connectivity index (χ1n) is 6.29. The van der Waals surface area contributed by atoms with Gasteiger partial charge in [0.15, 0.2) is 6.10 Å². The first-order chi connectivity index (χ1) is 9.08. The molecule has 0 bridgehead atoms. The molecule has 19 heavy (non-hydrogen) atoms. The highest BCUT2D eigenvalue weighted by molar-refractivity contribution is 5.90. The number of carbonyl (C=O) groups is 2. The zero-order valence-electron chi connectivity index (χ0n) is 10.8. The highest BCUT2D eigenvalue weighted by Crippen LogP contribution is 2.11. The van der Waals surface area contributed by atoms with Gasteiger partial charge in [-0.1, -0.05) is 0 Å². The summed E-state index contributed by atoms with van der Waals surface area (Å²) in [5, 5.41) is 0. The second kappa shape index (κ2) is 5.69. The Bertz CT molecular complexity index is 467. The standard InChI is InChI=1S/C13H17N3O3/c1-9(12(17)16-6-2-3-7-16)19-13(18)11-5-4-10(14)8-15-11/h4-5,8-9H,2-3,6-7,14H2,1H3. The van der Waals surface area contributed by atoms with Crippen molar-refractivity contribution in [3.05, 3.63) is 24.0 Å². The van der Waals surface area contributed by atoms with Gasteiger partial charge in [-0.3, -0.25) is 4.79 Å². The maximum Gasteiger partial charge on any atom is 0.357 e. The molecule has 2 heterocycles. The van der Waals surface area contributed by atoms with Crippen LogP contribution < -0.4 is 5.73 Å². The fraction of sp³-hybridized carbons (Fsp3) is 0.462. The van der Waals surface area contributed by atoms with Crippen LogP contribution in [0.3, 0.4) is 0 Å². The molecule has 1 atom stereocenters. The summed E-state index contributed by atoms with van der Waals surface area (Å²) in [4.78, 5) is 29.3. The zero-order chi connectivity index (χ0) is 13.8. The molecule has 1 aromatic heterocycles. The van der Waals surface area contributed by atoms with Gasteiger partial charge in [-0.15, -0.1) is 0 Å². The second-order valence-electron chi connectivity index (χ2n) is 4.56. The topological polar surface area (TPSA) is 85.5 Å². The van der Waals surface area contributed by atoms with Gasteiger partial charge in [-0.25, -0.2) is 9.78 Å². The van der Waals surface area contributed by atoms with E-state index in [1.54, 1.807) is 17.9 Å². The van der Waals surface area contributed by atoms with Gasteiger partial charge in [0.2, 0.25) is 0 Å². The largest absolute Gasteiger partial charge is 0.448 e. The zero-order valence-corrected chi connectivity index (χ0v) is 10.8. The van der Waals surface area contributed by atoms with Crippen molar-refractivity contribution in [3.8, 4) is 0 Å². The minimum Gasteiger partial charge on any atom is -0.448 e. The number of carbonyl (C=O) groups excluding carboxylic acids is 2. The Hall–Kier alpha value is -2.11. The molecule has 0 aromatic carbocycles. The number of likely N-dealkylation sites (tertiary alicyclic amines) is 1. The number of nitrogen functional groups attached to an aromatic ring is 1. The molecule has 0 radical (unpaired) electrons. The van der Waals surface area contributed by atoms with Gasteiger partial charge in [0.05, 0.1) is 11.9 Å².